The fourth-order valence-electron chi connectivity index (χ4n) is 6.23. The summed E-state index contributed by atoms with van der Waals surface area (Å²) in [4.78, 5) is 6.37. The number of para-hydroxylation sites is 1. The number of piperidine rings is 1. The minimum absolute atomic E-state index is 0.0659. The molecule has 6 rings (SSSR count). The molecule has 0 saturated carbocycles. The second kappa shape index (κ2) is 7.53. The number of aromatic nitrogens is 1. The van der Waals surface area contributed by atoms with Crippen molar-refractivity contribution >= 4 is 10.9 Å². The summed E-state index contributed by atoms with van der Waals surface area (Å²) in [6.07, 6.45) is 3.21. The van der Waals surface area contributed by atoms with Crippen LogP contribution in [-0.4, -0.2) is 28.1 Å². The van der Waals surface area contributed by atoms with E-state index in [1.54, 1.807) is 6.07 Å². The van der Waals surface area contributed by atoms with Crippen molar-refractivity contribution in [3.8, 4) is 5.75 Å². The van der Waals surface area contributed by atoms with E-state index in [-0.39, 0.29) is 5.41 Å². The summed E-state index contributed by atoms with van der Waals surface area (Å²) in [6.45, 7) is 5.32. The molecular formula is C29H30N2O. The zero-order valence-electron chi connectivity index (χ0n) is 18.6. The first-order valence-electron chi connectivity index (χ1n) is 11.8. The van der Waals surface area contributed by atoms with Crippen molar-refractivity contribution in [2.75, 3.05) is 13.1 Å². The number of hydrogen-bond donors (Lipinski definition) is 2. The highest BCUT2D eigenvalue weighted by atomic mass is 16.3. The fraction of sp³-hybridized carbons (Fsp3) is 0.310. The van der Waals surface area contributed by atoms with Gasteiger partial charge in [-0.1, -0.05) is 60.2 Å². The number of nitrogens with zero attached hydrogens (tertiary/aromatic N) is 1. The van der Waals surface area contributed by atoms with E-state index >= 15 is 0 Å². The van der Waals surface area contributed by atoms with Crippen LogP contribution >= 0.6 is 0 Å². The van der Waals surface area contributed by atoms with E-state index in [9.17, 15) is 5.11 Å². The lowest BCUT2D eigenvalue weighted by Gasteiger charge is -2.51. The van der Waals surface area contributed by atoms with Gasteiger partial charge in [-0.3, -0.25) is 4.90 Å². The van der Waals surface area contributed by atoms with Crippen LogP contribution in [-0.2, 0) is 24.8 Å². The number of aromatic amines is 1. The number of rotatable bonds is 3. The first-order valence-corrected chi connectivity index (χ1v) is 11.8. The highest BCUT2D eigenvalue weighted by Gasteiger charge is 2.48. The number of hydrogen-bond acceptors (Lipinski definition) is 2. The summed E-state index contributed by atoms with van der Waals surface area (Å²) >= 11 is 0. The molecule has 3 heteroatoms. The van der Waals surface area contributed by atoms with Crippen molar-refractivity contribution in [2.45, 2.75) is 38.1 Å². The maximum Gasteiger partial charge on any atom is 0.115 e. The van der Waals surface area contributed by atoms with Gasteiger partial charge < -0.3 is 10.1 Å². The van der Waals surface area contributed by atoms with Gasteiger partial charge >= 0.3 is 0 Å². The third-order valence-corrected chi connectivity index (χ3v) is 7.93. The molecule has 1 saturated heterocycles. The van der Waals surface area contributed by atoms with E-state index in [0.29, 0.717) is 11.7 Å². The molecule has 1 aromatic heterocycles. The molecule has 0 spiro atoms. The average Bonchev–Trinajstić information content (AvgIpc) is 3.16. The van der Waals surface area contributed by atoms with Gasteiger partial charge in [0.25, 0.3) is 0 Å². The van der Waals surface area contributed by atoms with Gasteiger partial charge in [0.2, 0.25) is 0 Å². The molecule has 3 nitrogen and oxygen atoms in total. The van der Waals surface area contributed by atoms with E-state index in [4.69, 9.17) is 0 Å². The summed E-state index contributed by atoms with van der Waals surface area (Å²) in [5, 5.41) is 11.7. The standard InChI is InChI=1S/C29H30N2O/c1-20-9-11-21(12-10-20)18-31-14-13-29(22-5-4-6-24(32)15-22)17-28-26(16-23(29)19-31)25-7-2-3-8-27(25)30-28/h2-12,15,23,30,32H,13-14,16-19H2,1H3. The third-order valence-electron chi connectivity index (χ3n) is 7.93. The highest BCUT2D eigenvalue weighted by molar-refractivity contribution is 5.85. The van der Waals surface area contributed by atoms with Gasteiger partial charge in [-0.05, 0) is 73.5 Å². The van der Waals surface area contributed by atoms with Crippen molar-refractivity contribution in [2.24, 2.45) is 5.92 Å². The lowest BCUT2D eigenvalue weighted by molar-refractivity contribution is 0.0765. The Hall–Kier alpha value is -3.04. The van der Waals surface area contributed by atoms with E-state index in [2.05, 4.69) is 71.4 Å². The second-order valence-corrected chi connectivity index (χ2v) is 9.88. The summed E-state index contributed by atoms with van der Waals surface area (Å²) in [7, 11) is 0. The molecular weight excluding hydrogens is 392 g/mol. The fourth-order valence-corrected chi connectivity index (χ4v) is 6.23. The van der Waals surface area contributed by atoms with Gasteiger partial charge in [0.15, 0.2) is 0 Å². The molecule has 3 aromatic carbocycles. The third kappa shape index (κ3) is 3.23. The Labute approximate surface area is 189 Å². The van der Waals surface area contributed by atoms with Crippen molar-refractivity contribution in [3.63, 3.8) is 0 Å². The quantitative estimate of drug-likeness (QED) is 0.442. The number of aromatic hydroxyl groups is 1. The van der Waals surface area contributed by atoms with Crippen molar-refractivity contribution in [1.82, 2.24) is 9.88 Å². The van der Waals surface area contributed by atoms with Crippen molar-refractivity contribution < 1.29 is 5.11 Å². The molecule has 32 heavy (non-hydrogen) atoms. The topological polar surface area (TPSA) is 39.3 Å². The van der Waals surface area contributed by atoms with Gasteiger partial charge in [0, 0.05) is 35.1 Å². The largest absolute Gasteiger partial charge is 0.508 e. The van der Waals surface area contributed by atoms with Crippen LogP contribution in [0.25, 0.3) is 10.9 Å². The molecule has 2 unspecified atom stereocenters. The predicted octanol–water partition coefficient (Wildman–Crippen LogP) is 5.74. The molecule has 0 bridgehead atoms. The van der Waals surface area contributed by atoms with Crippen LogP contribution in [0.5, 0.6) is 5.75 Å². The van der Waals surface area contributed by atoms with Gasteiger partial charge in [-0.15, -0.1) is 0 Å². The van der Waals surface area contributed by atoms with Crippen molar-refractivity contribution in [1.29, 1.82) is 0 Å². The number of benzene rings is 3. The molecule has 2 N–H and O–H groups in total. The minimum Gasteiger partial charge on any atom is -0.508 e. The van der Waals surface area contributed by atoms with Crippen LogP contribution in [0.4, 0.5) is 0 Å². The summed E-state index contributed by atoms with van der Waals surface area (Å²) in [6, 6.07) is 25.7. The van der Waals surface area contributed by atoms with E-state index < -0.39 is 0 Å². The first-order chi connectivity index (χ1) is 15.6. The number of phenolic OH excluding ortho intramolecular Hbond substituents is 1. The normalized spacial score (nSPS) is 23.1. The molecule has 0 radical (unpaired) electrons. The Kier molecular flexibility index (Phi) is 4.62. The molecule has 2 aliphatic rings. The summed E-state index contributed by atoms with van der Waals surface area (Å²) in [5.41, 5.74) is 8.20. The molecule has 1 aliphatic heterocycles. The zero-order valence-corrected chi connectivity index (χ0v) is 18.6. The summed E-state index contributed by atoms with van der Waals surface area (Å²) < 4.78 is 0. The number of nitrogens with one attached hydrogen (secondary N) is 1. The van der Waals surface area contributed by atoms with Gasteiger partial charge in [0.05, 0.1) is 0 Å². The number of fused-ring (bicyclic) bond motifs is 4. The second-order valence-electron chi connectivity index (χ2n) is 9.88. The first kappa shape index (κ1) is 19.6. The van der Waals surface area contributed by atoms with Gasteiger partial charge in [0.1, 0.15) is 5.75 Å². The Bertz CT molecular complexity index is 1270. The predicted molar refractivity (Wildman–Crippen MR) is 130 cm³/mol. The monoisotopic (exact) mass is 422 g/mol. The minimum atomic E-state index is 0.0659. The Balaban J connectivity index is 1.38. The van der Waals surface area contributed by atoms with E-state index in [0.717, 1.165) is 38.9 Å². The molecule has 1 aliphatic carbocycles. The molecule has 1 fully saturated rings. The van der Waals surface area contributed by atoms with Gasteiger partial charge in [-0.25, -0.2) is 0 Å². The zero-order chi connectivity index (χ0) is 21.7. The number of phenols is 1. The smallest absolute Gasteiger partial charge is 0.115 e. The number of aryl methyl sites for hydroxylation is 1. The molecule has 4 aromatic rings. The summed E-state index contributed by atoms with van der Waals surface area (Å²) in [5.74, 6) is 0.898. The Morgan fingerprint density at radius 3 is 2.72 bits per heavy atom. The Morgan fingerprint density at radius 1 is 1.03 bits per heavy atom. The van der Waals surface area contributed by atoms with E-state index in [1.807, 2.05) is 12.1 Å². The maximum absolute atomic E-state index is 10.3. The maximum atomic E-state index is 10.3. The number of likely N-dealkylation sites (tertiary alicyclic amines) is 1. The van der Waals surface area contributed by atoms with Crippen LogP contribution in [0.15, 0.2) is 72.8 Å². The van der Waals surface area contributed by atoms with Crippen molar-refractivity contribution in [3.05, 3.63) is 101 Å². The molecule has 2 atom stereocenters. The van der Waals surface area contributed by atoms with Crippen LogP contribution < -0.4 is 0 Å². The average molecular weight is 423 g/mol. The highest BCUT2D eigenvalue weighted by Crippen LogP contribution is 2.49. The van der Waals surface area contributed by atoms with Crippen LogP contribution in [0.3, 0.4) is 0 Å². The molecule has 0 amide bonds. The lowest BCUT2D eigenvalue weighted by atomic mass is 9.58. The van der Waals surface area contributed by atoms with Crippen LogP contribution in [0, 0.1) is 12.8 Å². The molecule has 2 heterocycles. The van der Waals surface area contributed by atoms with Gasteiger partial charge in [-0.2, -0.15) is 0 Å². The van der Waals surface area contributed by atoms with Crippen LogP contribution in [0.1, 0.15) is 34.4 Å². The molecule has 162 valence electrons. The Morgan fingerprint density at radius 2 is 1.88 bits per heavy atom. The van der Waals surface area contributed by atoms with Crippen LogP contribution in [0.2, 0.25) is 0 Å². The van der Waals surface area contributed by atoms with E-state index in [1.165, 1.54) is 38.9 Å². The lowest BCUT2D eigenvalue weighted by Crippen LogP contribution is -2.53. The number of H-pyrrole nitrogens is 1. The SMILES string of the molecule is Cc1ccc(CN2CCC3(c4cccc(O)c4)Cc4[nH]c5ccccc5c4CC3C2)cc1.